The van der Waals surface area contributed by atoms with Crippen LogP contribution in [0.3, 0.4) is 0 Å². The second-order valence-corrected chi connectivity index (χ2v) is 5.48. The standard InChI is InChI=1S/C14H23F3N6.HI/c1-12(14(15,16)17)21-8-10-22(11-9-21)13(18-2)19-5-7-23-6-3-4-20-23;/h3-4,6,12H,5,7-11H2,1-2H3,(H,18,19);1H. The van der Waals surface area contributed by atoms with E-state index in [4.69, 9.17) is 0 Å². The van der Waals surface area contributed by atoms with Gasteiger partial charge in [0.25, 0.3) is 0 Å². The Kier molecular flexibility index (Phi) is 8.27. The molecule has 1 fully saturated rings. The molecule has 1 N–H and O–H groups in total. The molecule has 2 heterocycles. The van der Waals surface area contributed by atoms with Crippen LogP contribution in [0.25, 0.3) is 0 Å². The summed E-state index contributed by atoms with van der Waals surface area (Å²) in [6, 6.07) is 0.454. The molecule has 1 aromatic rings. The molecule has 0 spiro atoms. The lowest BCUT2D eigenvalue weighted by Crippen LogP contribution is -2.56. The molecule has 138 valence electrons. The fourth-order valence-corrected chi connectivity index (χ4v) is 2.58. The maximum absolute atomic E-state index is 12.8. The molecule has 10 heteroatoms. The van der Waals surface area contributed by atoms with Crippen LogP contribution in [-0.4, -0.2) is 77.5 Å². The number of nitrogens with one attached hydrogen (secondary N) is 1. The molecule has 0 amide bonds. The molecule has 6 nitrogen and oxygen atoms in total. The average molecular weight is 460 g/mol. The van der Waals surface area contributed by atoms with Crippen LogP contribution < -0.4 is 5.32 Å². The van der Waals surface area contributed by atoms with Crippen LogP contribution in [0, 0.1) is 0 Å². The van der Waals surface area contributed by atoms with Crippen LogP contribution in [0.4, 0.5) is 13.2 Å². The minimum atomic E-state index is -4.17. The van der Waals surface area contributed by atoms with Gasteiger partial charge < -0.3 is 10.2 Å². The van der Waals surface area contributed by atoms with Gasteiger partial charge in [0.1, 0.15) is 6.04 Å². The fourth-order valence-electron chi connectivity index (χ4n) is 2.58. The van der Waals surface area contributed by atoms with Crippen molar-refractivity contribution in [1.29, 1.82) is 0 Å². The van der Waals surface area contributed by atoms with E-state index in [-0.39, 0.29) is 24.0 Å². The quantitative estimate of drug-likeness (QED) is 0.422. The van der Waals surface area contributed by atoms with E-state index in [0.29, 0.717) is 39.3 Å². The van der Waals surface area contributed by atoms with Crippen molar-refractivity contribution >= 4 is 29.9 Å². The summed E-state index contributed by atoms with van der Waals surface area (Å²) in [6.45, 7) is 4.39. The number of hydrogen-bond donors (Lipinski definition) is 1. The van der Waals surface area contributed by atoms with Crippen LogP contribution in [-0.2, 0) is 6.54 Å². The third-order valence-corrected chi connectivity index (χ3v) is 4.03. The summed E-state index contributed by atoms with van der Waals surface area (Å²) in [5, 5.41) is 7.34. The number of halogens is 4. The minimum Gasteiger partial charge on any atom is -0.354 e. The number of alkyl halides is 3. The van der Waals surface area contributed by atoms with Gasteiger partial charge in [0, 0.05) is 52.2 Å². The van der Waals surface area contributed by atoms with Gasteiger partial charge in [-0.05, 0) is 13.0 Å². The molecule has 24 heavy (non-hydrogen) atoms. The van der Waals surface area contributed by atoms with Gasteiger partial charge in [-0.25, -0.2) is 0 Å². The smallest absolute Gasteiger partial charge is 0.354 e. The van der Waals surface area contributed by atoms with E-state index in [1.807, 2.05) is 21.8 Å². The molecule has 1 saturated heterocycles. The largest absolute Gasteiger partial charge is 0.403 e. The number of nitrogens with zero attached hydrogens (tertiary/aromatic N) is 5. The molecule has 1 aromatic heterocycles. The van der Waals surface area contributed by atoms with Gasteiger partial charge in [-0.3, -0.25) is 14.6 Å². The lowest BCUT2D eigenvalue weighted by molar-refractivity contribution is -0.181. The number of aliphatic imine (C=N–C) groups is 1. The Labute approximate surface area is 157 Å². The second-order valence-electron chi connectivity index (χ2n) is 5.48. The molecule has 2 rings (SSSR count). The highest BCUT2D eigenvalue weighted by Crippen LogP contribution is 2.25. The lowest BCUT2D eigenvalue weighted by atomic mass is 10.2. The summed E-state index contributed by atoms with van der Waals surface area (Å²) >= 11 is 0. The molecule has 0 radical (unpaired) electrons. The van der Waals surface area contributed by atoms with E-state index in [1.165, 1.54) is 11.8 Å². The van der Waals surface area contributed by atoms with Gasteiger partial charge in [0.05, 0.1) is 6.54 Å². The molecule has 1 aliphatic heterocycles. The van der Waals surface area contributed by atoms with Crippen LogP contribution in [0.5, 0.6) is 0 Å². The van der Waals surface area contributed by atoms with Gasteiger partial charge in [-0.15, -0.1) is 24.0 Å². The number of rotatable bonds is 4. The maximum atomic E-state index is 12.8. The summed E-state index contributed by atoms with van der Waals surface area (Å²) in [5.74, 6) is 0.719. The average Bonchev–Trinajstić information content (AvgIpc) is 3.03. The third-order valence-electron chi connectivity index (χ3n) is 4.03. The zero-order valence-electron chi connectivity index (χ0n) is 13.8. The van der Waals surface area contributed by atoms with Crippen molar-refractivity contribution in [3.05, 3.63) is 18.5 Å². The van der Waals surface area contributed by atoms with Crippen molar-refractivity contribution in [2.45, 2.75) is 25.7 Å². The van der Waals surface area contributed by atoms with Crippen LogP contribution in [0.15, 0.2) is 23.5 Å². The Balaban J connectivity index is 0.00000288. The summed E-state index contributed by atoms with van der Waals surface area (Å²) in [5.41, 5.74) is 0. The second kappa shape index (κ2) is 9.44. The first-order valence-corrected chi connectivity index (χ1v) is 7.65. The zero-order chi connectivity index (χ0) is 16.9. The first-order chi connectivity index (χ1) is 10.9. The van der Waals surface area contributed by atoms with Gasteiger partial charge in [0.15, 0.2) is 5.96 Å². The van der Waals surface area contributed by atoms with E-state index < -0.39 is 12.2 Å². The Morgan fingerprint density at radius 1 is 1.29 bits per heavy atom. The molecule has 1 atom stereocenters. The van der Waals surface area contributed by atoms with Crippen LogP contribution in [0.2, 0.25) is 0 Å². The van der Waals surface area contributed by atoms with Gasteiger partial charge in [0.2, 0.25) is 0 Å². The van der Waals surface area contributed by atoms with Crippen molar-refractivity contribution in [3.8, 4) is 0 Å². The van der Waals surface area contributed by atoms with Crippen molar-refractivity contribution in [2.24, 2.45) is 4.99 Å². The van der Waals surface area contributed by atoms with Gasteiger partial charge >= 0.3 is 6.18 Å². The fraction of sp³-hybridized carbons (Fsp3) is 0.714. The Morgan fingerprint density at radius 3 is 2.46 bits per heavy atom. The molecule has 1 unspecified atom stereocenters. The topological polar surface area (TPSA) is 48.7 Å². The Morgan fingerprint density at radius 2 is 1.96 bits per heavy atom. The van der Waals surface area contributed by atoms with E-state index >= 15 is 0 Å². The van der Waals surface area contributed by atoms with Crippen LogP contribution in [0.1, 0.15) is 6.92 Å². The highest BCUT2D eigenvalue weighted by atomic mass is 127. The molecule has 1 aliphatic rings. The van der Waals surface area contributed by atoms with Crippen molar-refractivity contribution in [3.63, 3.8) is 0 Å². The lowest BCUT2D eigenvalue weighted by Gasteiger charge is -2.39. The van der Waals surface area contributed by atoms with Crippen molar-refractivity contribution in [1.82, 2.24) is 24.9 Å². The number of guanidine groups is 1. The van der Waals surface area contributed by atoms with E-state index in [2.05, 4.69) is 15.4 Å². The first-order valence-electron chi connectivity index (χ1n) is 7.65. The van der Waals surface area contributed by atoms with Crippen molar-refractivity contribution < 1.29 is 13.2 Å². The predicted octanol–water partition coefficient (Wildman–Crippen LogP) is 1.64. The van der Waals surface area contributed by atoms with E-state index in [9.17, 15) is 13.2 Å². The molecule has 0 saturated carbocycles. The predicted molar refractivity (Wildman–Crippen MR) is 97.7 cm³/mol. The number of aromatic nitrogens is 2. The third kappa shape index (κ3) is 5.80. The summed E-state index contributed by atoms with van der Waals surface area (Å²) in [4.78, 5) is 7.66. The van der Waals surface area contributed by atoms with Crippen LogP contribution >= 0.6 is 24.0 Å². The normalized spacial score (nSPS) is 18.2. The van der Waals surface area contributed by atoms with E-state index in [1.54, 1.807) is 13.2 Å². The molecule has 0 aliphatic carbocycles. The highest BCUT2D eigenvalue weighted by Gasteiger charge is 2.41. The number of piperazine rings is 1. The highest BCUT2D eigenvalue weighted by molar-refractivity contribution is 14.0. The Hall–Kier alpha value is -1.04. The van der Waals surface area contributed by atoms with Gasteiger partial charge in [-0.1, -0.05) is 0 Å². The summed E-state index contributed by atoms with van der Waals surface area (Å²) in [6.07, 6.45) is -0.580. The first kappa shape index (κ1) is 21.0. The van der Waals surface area contributed by atoms with Gasteiger partial charge in [-0.2, -0.15) is 18.3 Å². The molecular formula is C14H24F3IN6. The number of hydrogen-bond acceptors (Lipinski definition) is 3. The monoisotopic (exact) mass is 460 g/mol. The molecular weight excluding hydrogens is 436 g/mol. The summed E-state index contributed by atoms with van der Waals surface area (Å²) < 4.78 is 40.1. The maximum Gasteiger partial charge on any atom is 0.403 e. The zero-order valence-corrected chi connectivity index (χ0v) is 16.2. The molecule has 0 bridgehead atoms. The van der Waals surface area contributed by atoms with Crippen molar-refractivity contribution in [2.75, 3.05) is 39.8 Å². The molecule has 0 aromatic carbocycles. The summed E-state index contributed by atoms with van der Waals surface area (Å²) in [7, 11) is 1.68. The Bertz CT molecular complexity index is 497. The van der Waals surface area contributed by atoms with E-state index in [0.717, 1.165) is 5.96 Å². The minimum absolute atomic E-state index is 0. The SMILES string of the molecule is CN=C(NCCn1cccn1)N1CCN(C(C)C(F)(F)F)CC1.I.